The number of carbonyl (C=O) groups excluding carboxylic acids is 2. The van der Waals surface area contributed by atoms with Crippen molar-refractivity contribution < 1.29 is 9.59 Å². The molecule has 2 N–H and O–H groups in total. The molecule has 4 nitrogen and oxygen atoms in total. The summed E-state index contributed by atoms with van der Waals surface area (Å²) in [5.41, 5.74) is 6.06. The van der Waals surface area contributed by atoms with Crippen LogP contribution in [0.15, 0.2) is 36.4 Å². The van der Waals surface area contributed by atoms with E-state index in [0.717, 1.165) is 59.3 Å². The van der Waals surface area contributed by atoms with Gasteiger partial charge in [-0.3, -0.25) is 9.59 Å². The Hall–Kier alpha value is -2.62. The van der Waals surface area contributed by atoms with Gasteiger partial charge in [0.25, 0.3) is 0 Å². The predicted octanol–water partition coefficient (Wildman–Crippen LogP) is 8.57. The molecule has 0 aliphatic rings. The molecule has 0 aromatic heterocycles. The van der Waals surface area contributed by atoms with Gasteiger partial charge in [0.15, 0.2) is 0 Å². The molecule has 0 aliphatic carbocycles. The van der Waals surface area contributed by atoms with E-state index in [1.165, 1.54) is 38.5 Å². The third-order valence-corrected chi connectivity index (χ3v) is 6.35. The molecule has 0 fully saturated rings. The van der Waals surface area contributed by atoms with Crippen LogP contribution in [0.4, 0.5) is 11.4 Å². The van der Waals surface area contributed by atoms with Gasteiger partial charge in [0.2, 0.25) is 11.8 Å². The summed E-state index contributed by atoms with van der Waals surface area (Å²) in [6.45, 7) is 8.46. The highest BCUT2D eigenvalue weighted by Crippen LogP contribution is 2.28. The van der Waals surface area contributed by atoms with Crippen molar-refractivity contribution in [3.8, 4) is 11.1 Å². The number of rotatable bonds is 15. The summed E-state index contributed by atoms with van der Waals surface area (Å²) < 4.78 is 0. The van der Waals surface area contributed by atoms with Crippen molar-refractivity contribution in [3.05, 3.63) is 47.5 Å². The van der Waals surface area contributed by atoms with Crippen LogP contribution < -0.4 is 10.6 Å². The summed E-state index contributed by atoms with van der Waals surface area (Å²) in [5, 5.41) is 6.13. The number of amides is 2. The van der Waals surface area contributed by atoms with Gasteiger partial charge in [0.05, 0.1) is 0 Å². The number of hydrogen-bond donors (Lipinski definition) is 2. The number of unbranched alkanes of at least 4 members (excludes halogenated alkanes) is 8. The fourth-order valence-corrected chi connectivity index (χ4v) is 4.17. The van der Waals surface area contributed by atoms with Crippen LogP contribution in [-0.4, -0.2) is 11.8 Å². The summed E-state index contributed by atoms with van der Waals surface area (Å²) in [5.74, 6) is 0.183. The van der Waals surface area contributed by atoms with Gasteiger partial charge in [0.1, 0.15) is 0 Å². The van der Waals surface area contributed by atoms with E-state index in [-0.39, 0.29) is 11.8 Å². The highest BCUT2D eigenvalue weighted by Gasteiger charge is 2.09. The minimum Gasteiger partial charge on any atom is -0.326 e. The SMILES string of the molecule is CCCCCCCC(=O)Nc1ccc(-c2ccc(NC(=O)CCCCCCC)c(C)c2)cc1C. The molecule has 4 heteroatoms. The van der Waals surface area contributed by atoms with Gasteiger partial charge in [-0.2, -0.15) is 0 Å². The molecule has 0 atom stereocenters. The Labute approximate surface area is 206 Å². The summed E-state index contributed by atoms with van der Waals surface area (Å²) in [7, 11) is 0. The monoisotopic (exact) mass is 464 g/mol. The topological polar surface area (TPSA) is 58.2 Å². The molecule has 0 aliphatic heterocycles. The number of aryl methyl sites for hydroxylation is 2. The molecule has 0 unspecified atom stereocenters. The molecule has 0 heterocycles. The first kappa shape index (κ1) is 27.6. The van der Waals surface area contributed by atoms with Crippen molar-refractivity contribution in [2.24, 2.45) is 0 Å². The standard InChI is InChI=1S/C30H44N2O2/c1-5-7-9-11-13-15-29(33)31-27-19-17-25(21-23(27)3)26-18-20-28(24(4)22-26)32-30(34)16-14-12-10-8-6-2/h17-22H,5-16H2,1-4H3,(H,31,33)(H,32,34). The van der Waals surface area contributed by atoms with Crippen LogP contribution in [0.2, 0.25) is 0 Å². The molecular weight excluding hydrogens is 420 g/mol. The van der Waals surface area contributed by atoms with Crippen LogP contribution in [0.1, 0.15) is 102 Å². The summed E-state index contributed by atoms with van der Waals surface area (Å²) in [4.78, 5) is 24.6. The Morgan fingerprint density at radius 3 is 1.32 bits per heavy atom. The second kappa shape index (κ2) is 15.3. The molecule has 0 saturated heterocycles. The van der Waals surface area contributed by atoms with Crippen LogP contribution in [0.3, 0.4) is 0 Å². The zero-order valence-electron chi connectivity index (χ0n) is 21.8. The van der Waals surface area contributed by atoms with Gasteiger partial charge in [0, 0.05) is 24.2 Å². The molecule has 0 radical (unpaired) electrons. The summed E-state index contributed by atoms with van der Waals surface area (Å²) >= 11 is 0. The lowest BCUT2D eigenvalue weighted by molar-refractivity contribution is -0.117. The maximum absolute atomic E-state index is 12.3. The first-order valence-corrected chi connectivity index (χ1v) is 13.3. The van der Waals surface area contributed by atoms with E-state index in [2.05, 4.69) is 36.6 Å². The van der Waals surface area contributed by atoms with Crippen LogP contribution in [-0.2, 0) is 9.59 Å². The van der Waals surface area contributed by atoms with E-state index in [4.69, 9.17) is 0 Å². The van der Waals surface area contributed by atoms with E-state index in [1.54, 1.807) is 0 Å². The number of anilines is 2. The largest absolute Gasteiger partial charge is 0.326 e. The fourth-order valence-electron chi connectivity index (χ4n) is 4.17. The average molecular weight is 465 g/mol. The smallest absolute Gasteiger partial charge is 0.224 e. The number of hydrogen-bond acceptors (Lipinski definition) is 2. The lowest BCUT2D eigenvalue weighted by Gasteiger charge is -2.13. The zero-order valence-corrected chi connectivity index (χ0v) is 21.8. The first-order valence-electron chi connectivity index (χ1n) is 13.3. The maximum atomic E-state index is 12.3. The lowest BCUT2D eigenvalue weighted by atomic mass is 9.99. The van der Waals surface area contributed by atoms with Crippen molar-refractivity contribution in [2.45, 2.75) is 105 Å². The van der Waals surface area contributed by atoms with E-state index in [9.17, 15) is 9.59 Å². The maximum Gasteiger partial charge on any atom is 0.224 e. The highest BCUT2D eigenvalue weighted by molar-refractivity contribution is 5.93. The number of benzene rings is 2. The zero-order chi connectivity index (χ0) is 24.8. The molecule has 0 bridgehead atoms. The molecular formula is C30H44N2O2. The summed E-state index contributed by atoms with van der Waals surface area (Å²) in [6.07, 6.45) is 12.6. The minimum absolute atomic E-state index is 0.0913. The van der Waals surface area contributed by atoms with E-state index in [1.807, 2.05) is 38.1 Å². The normalized spacial score (nSPS) is 10.8. The lowest BCUT2D eigenvalue weighted by Crippen LogP contribution is -2.12. The Bertz CT molecular complexity index is 845. The van der Waals surface area contributed by atoms with Gasteiger partial charge in [-0.1, -0.05) is 77.3 Å². The molecule has 2 amide bonds. The van der Waals surface area contributed by atoms with Gasteiger partial charge in [-0.25, -0.2) is 0 Å². The molecule has 34 heavy (non-hydrogen) atoms. The minimum atomic E-state index is 0.0913. The first-order chi connectivity index (χ1) is 16.4. The Balaban J connectivity index is 1.91. The Kier molecular flexibility index (Phi) is 12.4. The van der Waals surface area contributed by atoms with Crippen molar-refractivity contribution in [3.63, 3.8) is 0 Å². The van der Waals surface area contributed by atoms with Gasteiger partial charge in [-0.15, -0.1) is 0 Å². The van der Waals surface area contributed by atoms with Crippen LogP contribution >= 0.6 is 0 Å². The average Bonchev–Trinajstić information content (AvgIpc) is 2.81. The van der Waals surface area contributed by atoms with Crippen LogP contribution in [0.5, 0.6) is 0 Å². The molecule has 0 spiro atoms. The quantitative estimate of drug-likeness (QED) is 0.259. The fraction of sp³-hybridized carbons (Fsp3) is 0.533. The van der Waals surface area contributed by atoms with Crippen molar-refractivity contribution in [1.82, 2.24) is 0 Å². The van der Waals surface area contributed by atoms with Crippen molar-refractivity contribution in [1.29, 1.82) is 0 Å². The van der Waals surface area contributed by atoms with Crippen molar-refractivity contribution >= 4 is 23.2 Å². The Morgan fingerprint density at radius 1 is 0.588 bits per heavy atom. The third kappa shape index (κ3) is 9.70. The van der Waals surface area contributed by atoms with E-state index >= 15 is 0 Å². The molecule has 186 valence electrons. The second-order valence-corrected chi connectivity index (χ2v) is 9.48. The molecule has 2 aromatic carbocycles. The number of carbonyl (C=O) groups is 2. The molecule has 0 saturated carbocycles. The summed E-state index contributed by atoms with van der Waals surface area (Å²) in [6, 6.07) is 12.3. The molecule has 2 rings (SSSR count). The van der Waals surface area contributed by atoms with E-state index < -0.39 is 0 Å². The van der Waals surface area contributed by atoms with Crippen LogP contribution in [0.25, 0.3) is 11.1 Å². The van der Waals surface area contributed by atoms with Crippen LogP contribution in [0, 0.1) is 13.8 Å². The second-order valence-electron chi connectivity index (χ2n) is 9.48. The van der Waals surface area contributed by atoms with Crippen molar-refractivity contribution in [2.75, 3.05) is 10.6 Å². The highest BCUT2D eigenvalue weighted by atomic mass is 16.2. The Morgan fingerprint density at radius 2 is 0.971 bits per heavy atom. The predicted molar refractivity (Wildman–Crippen MR) is 145 cm³/mol. The van der Waals surface area contributed by atoms with Gasteiger partial charge < -0.3 is 10.6 Å². The third-order valence-electron chi connectivity index (χ3n) is 6.35. The van der Waals surface area contributed by atoms with E-state index in [0.29, 0.717) is 12.8 Å². The van der Waals surface area contributed by atoms with Gasteiger partial charge in [-0.05, 0) is 73.2 Å². The number of nitrogens with one attached hydrogen (secondary N) is 2. The molecule has 2 aromatic rings. The van der Waals surface area contributed by atoms with Gasteiger partial charge >= 0.3 is 0 Å².